The highest BCUT2D eigenvalue weighted by Gasteiger charge is 2.16. The fourth-order valence-electron chi connectivity index (χ4n) is 3.35. The number of hydrogen-bond donors (Lipinski definition) is 0. The fraction of sp³-hybridized carbons (Fsp3) is 0.429. The molecule has 3 rings (SSSR count). The Balaban J connectivity index is 1.38. The maximum Gasteiger partial charge on any atom is 0.0237 e. The predicted molar refractivity (Wildman–Crippen MR) is 97.7 cm³/mol. The maximum atomic E-state index is 2.62. The van der Waals surface area contributed by atoms with Crippen molar-refractivity contribution in [3.63, 3.8) is 0 Å². The minimum atomic E-state index is 1.10. The van der Waals surface area contributed by atoms with Crippen molar-refractivity contribution in [2.45, 2.75) is 26.3 Å². The molecule has 0 unspecified atom stereocenters. The number of piperazine rings is 1. The topological polar surface area (TPSA) is 6.48 Å². The number of nitrogens with zero attached hydrogens (tertiary/aromatic N) is 2. The largest absolute Gasteiger partial charge is 0.301 e. The number of benzene rings is 2. The smallest absolute Gasteiger partial charge is 0.0237 e. The first-order valence-corrected chi connectivity index (χ1v) is 8.84. The molecule has 0 radical (unpaired) electrons. The molecule has 0 aromatic heterocycles. The summed E-state index contributed by atoms with van der Waals surface area (Å²) >= 11 is 0. The number of aryl methyl sites for hydroxylation is 2. The van der Waals surface area contributed by atoms with Gasteiger partial charge in [-0.15, -0.1) is 0 Å². The van der Waals surface area contributed by atoms with E-state index in [2.05, 4.69) is 71.3 Å². The minimum absolute atomic E-state index is 1.10. The molecule has 1 saturated heterocycles. The van der Waals surface area contributed by atoms with Crippen LogP contribution in [0.2, 0.25) is 0 Å². The Hall–Kier alpha value is -1.64. The highest BCUT2D eigenvalue weighted by Crippen LogP contribution is 2.13. The second kappa shape index (κ2) is 8.28. The van der Waals surface area contributed by atoms with Gasteiger partial charge in [-0.25, -0.2) is 0 Å². The van der Waals surface area contributed by atoms with Gasteiger partial charge in [-0.1, -0.05) is 54.6 Å². The molecule has 2 aromatic rings. The molecule has 122 valence electrons. The van der Waals surface area contributed by atoms with Gasteiger partial charge >= 0.3 is 0 Å². The second-order valence-corrected chi connectivity index (χ2v) is 6.63. The molecule has 0 spiro atoms. The summed E-state index contributed by atoms with van der Waals surface area (Å²) in [4.78, 5) is 5.22. The van der Waals surface area contributed by atoms with Gasteiger partial charge in [0.05, 0.1) is 0 Å². The van der Waals surface area contributed by atoms with E-state index in [0.29, 0.717) is 0 Å². The van der Waals surface area contributed by atoms with E-state index >= 15 is 0 Å². The molecule has 1 aliphatic rings. The Bertz CT molecular complexity index is 586. The van der Waals surface area contributed by atoms with Gasteiger partial charge in [-0.05, 0) is 43.0 Å². The van der Waals surface area contributed by atoms with Gasteiger partial charge in [0.25, 0.3) is 0 Å². The summed E-state index contributed by atoms with van der Waals surface area (Å²) in [6.07, 6.45) is 2.46. The zero-order valence-corrected chi connectivity index (χ0v) is 14.2. The molecule has 0 amide bonds. The summed E-state index contributed by atoms with van der Waals surface area (Å²) in [5, 5.41) is 0. The van der Waals surface area contributed by atoms with Gasteiger partial charge in [0.1, 0.15) is 0 Å². The molecular formula is C21H28N2. The zero-order chi connectivity index (χ0) is 15.9. The lowest BCUT2D eigenvalue weighted by molar-refractivity contribution is 0.126. The van der Waals surface area contributed by atoms with Gasteiger partial charge in [0, 0.05) is 32.7 Å². The Labute approximate surface area is 140 Å². The lowest BCUT2D eigenvalue weighted by Crippen LogP contribution is -2.46. The molecule has 1 aliphatic heterocycles. The maximum absolute atomic E-state index is 2.62. The lowest BCUT2D eigenvalue weighted by Gasteiger charge is -2.35. The van der Waals surface area contributed by atoms with E-state index < -0.39 is 0 Å². The molecule has 2 aromatic carbocycles. The number of hydrogen-bond acceptors (Lipinski definition) is 2. The van der Waals surface area contributed by atoms with Crippen molar-refractivity contribution < 1.29 is 0 Å². The van der Waals surface area contributed by atoms with Crippen LogP contribution in [0.1, 0.15) is 23.1 Å². The average molecular weight is 308 g/mol. The SMILES string of the molecule is Cc1ccccc1CN1CCN(CCCc2ccccc2)CC1. The molecule has 0 bridgehead atoms. The fourth-order valence-corrected chi connectivity index (χ4v) is 3.35. The normalized spacial score (nSPS) is 16.6. The molecule has 23 heavy (non-hydrogen) atoms. The molecule has 1 fully saturated rings. The summed E-state index contributed by atoms with van der Waals surface area (Å²) < 4.78 is 0. The Morgan fingerprint density at radius 2 is 1.43 bits per heavy atom. The molecule has 0 atom stereocenters. The van der Waals surface area contributed by atoms with E-state index in [9.17, 15) is 0 Å². The summed E-state index contributed by atoms with van der Waals surface area (Å²) in [7, 11) is 0. The Morgan fingerprint density at radius 1 is 0.783 bits per heavy atom. The van der Waals surface area contributed by atoms with Crippen LogP contribution in [-0.2, 0) is 13.0 Å². The second-order valence-electron chi connectivity index (χ2n) is 6.63. The van der Waals surface area contributed by atoms with Crippen LogP contribution in [0.25, 0.3) is 0 Å². The van der Waals surface area contributed by atoms with Crippen LogP contribution in [0.15, 0.2) is 54.6 Å². The van der Waals surface area contributed by atoms with E-state index in [4.69, 9.17) is 0 Å². The van der Waals surface area contributed by atoms with Crippen LogP contribution < -0.4 is 0 Å². The summed E-state index contributed by atoms with van der Waals surface area (Å²) in [6.45, 7) is 9.35. The quantitative estimate of drug-likeness (QED) is 0.802. The summed E-state index contributed by atoms with van der Waals surface area (Å²) in [5.74, 6) is 0. The highest BCUT2D eigenvalue weighted by atomic mass is 15.3. The molecule has 0 saturated carbocycles. The molecule has 1 heterocycles. The van der Waals surface area contributed by atoms with E-state index in [1.807, 2.05) is 0 Å². The zero-order valence-electron chi connectivity index (χ0n) is 14.2. The highest BCUT2D eigenvalue weighted by molar-refractivity contribution is 5.25. The minimum Gasteiger partial charge on any atom is -0.301 e. The van der Waals surface area contributed by atoms with Crippen LogP contribution in [0.5, 0.6) is 0 Å². The third-order valence-electron chi connectivity index (χ3n) is 4.90. The van der Waals surface area contributed by atoms with Crippen molar-refractivity contribution in [3.8, 4) is 0 Å². The van der Waals surface area contributed by atoms with Crippen molar-refractivity contribution in [1.82, 2.24) is 9.80 Å². The van der Waals surface area contributed by atoms with E-state index in [-0.39, 0.29) is 0 Å². The standard InChI is InChI=1S/C21H28N2/c1-19-8-5-6-12-21(19)18-23-16-14-22(15-17-23)13-7-11-20-9-3-2-4-10-20/h2-6,8-10,12H,7,11,13-18H2,1H3. The third-order valence-corrected chi connectivity index (χ3v) is 4.90. The first-order chi connectivity index (χ1) is 11.3. The monoisotopic (exact) mass is 308 g/mol. The van der Waals surface area contributed by atoms with Gasteiger partial charge in [0.15, 0.2) is 0 Å². The van der Waals surface area contributed by atoms with Crippen molar-refractivity contribution in [2.24, 2.45) is 0 Å². The molecule has 2 heteroatoms. The van der Waals surface area contributed by atoms with Crippen molar-refractivity contribution >= 4 is 0 Å². The molecule has 0 N–H and O–H groups in total. The van der Waals surface area contributed by atoms with Crippen LogP contribution in [-0.4, -0.2) is 42.5 Å². The lowest BCUT2D eigenvalue weighted by atomic mass is 10.1. The first kappa shape index (κ1) is 16.2. The number of rotatable bonds is 6. The van der Waals surface area contributed by atoms with Gasteiger partial charge in [-0.2, -0.15) is 0 Å². The Morgan fingerprint density at radius 3 is 2.17 bits per heavy atom. The first-order valence-electron chi connectivity index (χ1n) is 8.84. The van der Waals surface area contributed by atoms with Crippen molar-refractivity contribution in [3.05, 3.63) is 71.3 Å². The van der Waals surface area contributed by atoms with E-state index in [1.165, 1.54) is 62.3 Å². The summed E-state index contributed by atoms with van der Waals surface area (Å²) in [6, 6.07) is 19.6. The van der Waals surface area contributed by atoms with Crippen molar-refractivity contribution in [1.29, 1.82) is 0 Å². The molecule has 2 nitrogen and oxygen atoms in total. The third kappa shape index (κ3) is 4.92. The van der Waals surface area contributed by atoms with Crippen molar-refractivity contribution in [2.75, 3.05) is 32.7 Å². The van der Waals surface area contributed by atoms with E-state index in [1.54, 1.807) is 0 Å². The van der Waals surface area contributed by atoms with Gasteiger partial charge in [0.2, 0.25) is 0 Å². The van der Waals surface area contributed by atoms with Crippen LogP contribution in [0.4, 0.5) is 0 Å². The van der Waals surface area contributed by atoms with E-state index in [0.717, 1.165) is 6.54 Å². The Kier molecular flexibility index (Phi) is 5.84. The van der Waals surface area contributed by atoms with Gasteiger partial charge in [-0.3, -0.25) is 4.90 Å². The van der Waals surface area contributed by atoms with Crippen LogP contribution in [0, 0.1) is 6.92 Å². The van der Waals surface area contributed by atoms with Gasteiger partial charge < -0.3 is 4.90 Å². The molecule has 0 aliphatic carbocycles. The van der Waals surface area contributed by atoms with Crippen LogP contribution in [0.3, 0.4) is 0 Å². The average Bonchev–Trinajstić information content (AvgIpc) is 2.59. The predicted octanol–water partition coefficient (Wildman–Crippen LogP) is 3.75. The van der Waals surface area contributed by atoms with Crippen LogP contribution >= 0.6 is 0 Å². The molecular weight excluding hydrogens is 280 g/mol. The summed E-state index contributed by atoms with van der Waals surface area (Å²) in [5.41, 5.74) is 4.36.